The lowest BCUT2D eigenvalue weighted by Gasteiger charge is -2.27. The fourth-order valence-corrected chi connectivity index (χ4v) is 4.54. The minimum Gasteiger partial charge on any atom is -0.437 e. The van der Waals surface area contributed by atoms with E-state index in [1.807, 2.05) is 18.2 Å². The molecule has 1 unspecified atom stereocenters. The highest BCUT2D eigenvalue weighted by atomic mass is 19.1. The van der Waals surface area contributed by atoms with Gasteiger partial charge in [-0.3, -0.25) is 4.98 Å². The van der Waals surface area contributed by atoms with Crippen molar-refractivity contribution in [3.63, 3.8) is 0 Å². The number of fused-ring (bicyclic) bond motifs is 6. The number of aromatic nitrogens is 5. The summed E-state index contributed by atoms with van der Waals surface area (Å²) in [5.74, 6) is 0.0482. The molecule has 9 heteroatoms. The molecule has 168 valence electrons. The largest absolute Gasteiger partial charge is 0.437 e. The van der Waals surface area contributed by atoms with Crippen LogP contribution in [-0.2, 0) is 0 Å². The van der Waals surface area contributed by atoms with Crippen molar-refractivity contribution in [2.24, 2.45) is 0 Å². The van der Waals surface area contributed by atoms with Crippen LogP contribution in [0.5, 0.6) is 11.6 Å². The smallest absolute Gasteiger partial charge is 0.344 e. The van der Waals surface area contributed by atoms with Gasteiger partial charge in [0.05, 0.1) is 22.4 Å². The molecule has 0 aliphatic carbocycles. The average molecular weight is 463 g/mol. The van der Waals surface area contributed by atoms with Crippen molar-refractivity contribution in [2.75, 3.05) is 0 Å². The van der Waals surface area contributed by atoms with E-state index in [0.29, 0.717) is 50.8 Å². The molecule has 1 atom stereocenters. The van der Waals surface area contributed by atoms with Gasteiger partial charge in [0, 0.05) is 18.0 Å². The van der Waals surface area contributed by atoms with Crippen molar-refractivity contribution < 1.29 is 13.5 Å². The molecule has 2 aromatic carbocycles. The van der Waals surface area contributed by atoms with E-state index in [-0.39, 0.29) is 5.82 Å². The Balaban J connectivity index is 1.56. The van der Waals surface area contributed by atoms with Gasteiger partial charge in [-0.2, -0.15) is 0 Å². The Morgan fingerprint density at radius 3 is 2.66 bits per heavy atom. The highest BCUT2D eigenvalue weighted by Gasteiger charge is 2.37. The summed E-state index contributed by atoms with van der Waals surface area (Å²) in [5, 5.41) is 5.19. The first-order valence-electron chi connectivity index (χ1n) is 10.8. The van der Waals surface area contributed by atoms with Gasteiger partial charge < -0.3 is 9.15 Å². The van der Waals surface area contributed by atoms with E-state index in [1.165, 1.54) is 23.0 Å². The Morgan fingerprint density at radius 1 is 0.971 bits per heavy atom. The zero-order chi connectivity index (χ0) is 23.5. The fraction of sp³-hybridized carbons (Fsp3) is 0.0385. The van der Waals surface area contributed by atoms with Crippen molar-refractivity contribution in [3.05, 3.63) is 112 Å². The number of halogens is 1. The number of ether oxygens (including phenoxy) is 1. The summed E-state index contributed by atoms with van der Waals surface area (Å²) in [5.41, 5.74) is 2.54. The molecule has 1 aliphatic heterocycles. The molecule has 4 aromatic heterocycles. The van der Waals surface area contributed by atoms with Gasteiger partial charge >= 0.3 is 5.63 Å². The number of pyridine rings is 1. The Kier molecular flexibility index (Phi) is 4.07. The summed E-state index contributed by atoms with van der Waals surface area (Å²) >= 11 is 0. The maximum atomic E-state index is 13.8. The normalized spacial score (nSPS) is 14.5. The van der Waals surface area contributed by atoms with E-state index in [9.17, 15) is 9.18 Å². The Bertz CT molecular complexity index is 1810. The standard InChI is InChI=1S/C26H14FN5O3/c27-16-9-7-14(8-10-16)19-20-22(17-5-1-2-6-18(17)34-26(20)33)35-25-21(19)24-30-23(31-32(24)13-29-25)15-4-3-11-28-12-15/h1-13,19H. The van der Waals surface area contributed by atoms with Gasteiger partial charge in [0.15, 0.2) is 17.2 Å². The summed E-state index contributed by atoms with van der Waals surface area (Å²) < 4.78 is 27.3. The second-order valence-corrected chi connectivity index (χ2v) is 8.12. The van der Waals surface area contributed by atoms with Crippen LogP contribution in [0.2, 0.25) is 0 Å². The molecule has 8 nitrogen and oxygen atoms in total. The van der Waals surface area contributed by atoms with Gasteiger partial charge in [-0.05, 0) is 42.0 Å². The third-order valence-electron chi connectivity index (χ3n) is 6.08. The van der Waals surface area contributed by atoms with Crippen molar-refractivity contribution in [1.82, 2.24) is 24.6 Å². The summed E-state index contributed by atoms with van der Waals surface area (Å²) in [6, 6.07) is 16.8. The third kappa shape index (κ3) is 2.95. The van der Waals surface area contributed by atoms with Gasteiger partial charge in [0.25, 0.3) is 0 Å². The Hall–Kier alpha value is -4.92. The van der Waals surface area contributed by atoms with Crippen LogP contribution in [0.3, 0.4) is 0 Å². The van der Waals surface area contributed by atoms with Crippen LogP contribution in [0.15, 0.2) is 88.6 Å². The van der Waals surface area contributed by atoms with Crippen LogP contribution in [0.1, 0.15) is 22.6 Å². The minimum atomic E-state index is -0.669. The maximum Gasteiger partial charge on any atom is 0.344 e. The molecule has 35 heavy (non-hydrogen) atoms. The first-order chi connectivity index (χ1) is 17.2. The molecular weight excluding hydrogens is 449 g/mol. The van der Waals surface area contributed by atoms with Gasteiger partial charge in [0.1, 0.15) is 17.7 Å². The molecule has 7 rings (SSSR count). The van der Waals surface area contributed by atoms with E-state index in [0.717, 1.165) is 5.56 Å². The maximum absolute atomic E-state index is 13.8. The number of para-hydroxylation sites is 1. The molecule has 5 heterocycles. The van der Waals surface area contributed by atoms with Crippen LogP contribution in [-0.4, -0.2) is 24.6 Å². The van der Waals surface area contributed by atoms with Crippen molar-refractivity contribution in [1.29, 1.82) is 0 Å². The van der Waals surface area contributed by atoms with Gasteiger partial charge in [-0.15, -0.1) is 5.10 Å². The number of rotatable bonds is 2. The van der Waals surface area contributed by atoms with Crippen LogP contribution in [0.4, 0.5) is 4.39 Å². The molecule has 0 saturated heterocycles. The fourth-order valence-electron chi connectivity index (χ4n) is 4.54. The molecule has 0 fully saturated rings. The molecule has 0 N–H and O–H groups in total. The summed E-state index contributed by atoms with van der Waals surface area (Å²) in [6.07, 6.45) is 4.85. The summed E-state index contributed by atoms with van der Waals surface area (Å²) in [4.78, 5) is 26.7. The number of nitrogens with zero attached hydrogens (tertiary/aromatic N) is 5. The first kappa shape index (κ1) is 19.5. The van der Waals surface area contributed by atoms with Gasteiger partial charge in [-0.25, -0.2) is 23.7 Å². The SMILES string of the molecule is O=c1oc2ccccc2c2c1C(c1ccc(F)cc1)c1c(ncn3nc(-c4cccnc4)nc13)O2. The van der Waals surface area contributed by atoms with Gasteiger partial charge in [-0.1, -0.05) is 24.3 Å². The van der Waals surface area contributed by atoms with Crippen LogP contribution < -0.4 is 10.4 Å². The number of hydrogen-bond donors (Lipinski definition) is 0. The van der Waals surface area contributed by atoms with E-state index in [1.54, 1.807) is 42.7 Å². The molecular formula is C26H14FN5O3. The van der Waals surface area contributed by atoms with Crippen molar-refractivity contribution >= 4 is 16.6 Å². The second kappa shape index (κ2) is 7.29. The van der Waals surface area contributed by atoms with Crippen LogP contribution >= 0.6 is 0 Å². The molecule has 0 amide bonds. The zero-order valence-corrected chi connectivity index (χ0v) is 17.9. The summed E-state index contributed by atoms with van der Waals surface area (Å²) in [6.45, 7) is 0. The number of hydrogen-bond acceptors (Lipinski definition) is 7. The number of benzene rings is 2. The highest BCUT2D eigenvalue weighted by molar-refractivity contribution is 5.86. The van der Waals surface area contributed by atoms with E-state index >= 15 is 0 Å². The molecule has 0 bridgehead atoms. The monoisotopic (exact) mass is 463 g/mol. The Labute approximate surface area is 196 Å². The van der Waals surface area contributed by atoms with Gasteiger partial charge in [0.2, 0.25) is 5.88 Å². The lowest BCUT2D eigenvalue weighted by atomic mass is 9.84. The molecule has 0 saturated carbocycles. The minimum absolute atomic E-state index is 0.292. The zero-order valence-electron chi connectivity index (χ0n) is 17.9. The van der Waals surface area contributed by atoms with Crippen LogP contribution in [0.25, 0.3) is 28.0 Å². The third-order valence-corrected chi connectivity index (χ3v) is 6.08. The lowest BCUT2D eigenvalue weighted by molar-refractivity contribution is 0.422. The summed E-state index contributed by atoms with van der Waals surface area (Å²) in [7, 11) is 0. The van der Waals surface area contributed by atoms with E-state index in [2.05, 4.69) is 15.1 Å². The topological polar surface area (TPSA) is 95.4 Å². The van der Waals surface area contributed by atoms with Crippen molar-refractivity contribution in [2.45, 2.75) is 5.92 Å². The average Bonchev–Trinajstić information content (AvgIpc) is 3.33. The predicted molar refractivity (Wildman–Crippen MR) is 124 cm³/mol. The molecule has 0 spiro atoms. The van der Waals surface area contributed by atoms with E-state index < -0.39 is 11.5 Å². The first-order valence-corrected chi connectivity index (χ1v) is 10.8. The van der Waals surface area contributed by atoms with Crippen molar-refractivity contribution in [3.8, 4) is 23.0 Å². The molecule has 6 aromatic rings. The van der Waals surface area contributed by atoms with Crippen LogP contribution in [0, 0.1) is 5.82 Å². The Morgan fingerprint density at radius 2 is 1.83 bits per heavy atom. The highest BCUT2D eigenvalue weighted by Crippen LogP contribution is 2.48. The quantitative estimate of drug-likeness (QED) is 0.343. The second-order valence-electron chi connectivity index (χ2n) is 8.12. The molecule has 1 aliphatic rings. The lowest BCUT2D eigenvalue weighted by Crippen LogP contribution is -2.22. The molecule has 0 radical (unpaired) electrons. The predicted octanol–water partition coefficient (Wildman–Crippen LogP) is 4.72. The van der Waals surface area contributed by atoms with E-state index in [4.69, 9.17) is 14.1 Å².